The average Bonchev–Trinajstić information content (AvgIpc) is 3.65. The number of pyridine rings is 2. The summed E-state index contributed by atoms with van der Waals surface area (Å²) in [6, 6.07) is 4.48. The molecule has 1 saturated carbocycles. The maximum Gasteiger partial charge on any atom is 0.182 e. The number of anilines is 1. The lowest BCUT2D eigenvalue weighted by Gasteiger charge is -2.32. The van der Waals surface area contributed by atoms with Crippen LogP contribution in [0.1, 0.15) is 35.4 Å². The van der Waals surface area contributed by atoms with E-state index in [1.54, 1.807) is 24.5 Å². The Balaban J connectivity index is 1.53. The summed E-state index contributed by atoms with van der Waals surface area (Å²) < 4.78 is 28.4. The Hall–Kier alpha value is -3.85. The number of aliphatic imine (C=N–C) groups is 1. The molecule has 3 aromatic heterocycles. The van der Waals surface area contributed by atoms with Gasteiger partial charge in [0.1, 0.15) is 11.5 Å². The Morgan fingerprint density at radius 1 is 1.14 bits per heavy atom. The first kappa shape index (κ1) is 21.7. The van der Waals surface area contributed by atoms with Crippen molar-refractivity contribution in [3.8, 4) is 0 Å². The number of fused-ring (bicyclic) bond motifs is 3. The predicted octanol–water partition coefficient (Wildman–Crippen LogP) is 4.17. The van der Waals surface area contributed by atoms with Crippen LogP contribution in [-0.4, -0.2) is 51.9 Å². The lowest BCUT2D eigenvalue weighted by atomic mass is 10.0. The Bertz CT molecular complexity index is 1500. The second kappa shape index (κ2) is 8.42. The van der Waals surface area contributed by atoms with E-state index in [1.807, 2.05) is 6.20 Å². The van der Waals surface area contributed by atoms with E-state index in [2.05, 4.69) is 31.7 Å². The van der Waals surface area contributed by atoms with Gasteiger partial charge in [0.15, 0.2) is 11.6 Å². The molecule has 0 amide bonds. The molecule has 6 rings (SSSR count). The fraction of sp³-hybridized carbons (Fsp3) is 0.269. The molecule has 1 aliphatic heterocycles. The maximum atomic E-state index is 14.5. The number of halogens is 2. The van der Waals surface area contributed by atoms with Gasteiger partial charge in [0.2, 0.25) is 0 Å². The zero-order valence-corrected chi connectivity index (χ0v) is 19.1. The van der Waals surface area contributed by atoms with Crippen molar-refractivity contribution in [2.24, 2.45) is 4.99 Å². The van der Waals surface area contributed by atoms with E-state index in [-0.39, 0.29) is 5.52 Å². The molecule has 1 aliphatic carbocycles. The van der Waals surface area contributed by atoms with E-state index < -0.39 is 11.6 Å². The zero-order valence-electron chi connectivity index (χ0n) is 19.1. The van der Waals surface area contributed by atoms with E-state index in [0.29, 0.717) is 39.3 Å². The molecule has 0 unspecified atom stereocenters. The molecule has 2 fully saturated rings. The minimum Gasteiger partial charge on any atom is -0.397 e. The van der Waals surface area contributed by atoms with Gasteiger partial charge >= 0.3 is 0 Å². The number of nitrogen functional groups attached to an aromatic ring is 1. The highest BCUT2D eigenvalue weighted by atomic mass is 19.2. The molecule has 0 bridgehead atoms. The molecule has 35 heavy (non-hydrogen) atoms. The van der Waals surface area contributed by atoms with Gasteiger partial charge in [-0.15, -0.1) is 0 Å². The quantitative estimate of drug-likeness (QED) is 0.305. The molecule has 1 saturated heterocycles. The van der Waals surface area contributed by atoms with Crippen LogP contribution >= 0.6 is 0 Å². The van der Waals surface area contributed by atoms with Gasteiger partial charge in [-0.05, 0) is 42.5 Å². The van der Waals surface area contributed by atoms with E-state index in [9.17, 15) is 8.78 Å². The van der Waals surface area contributed by atoms with Gasteiger partial charge in [0.25, 0.3) is 0 Å². The molecule has 7 nitrogen and oxygen atoms in total. The molecule has 2 aliphatic rings. The smallest absolute Gasteiger partial charge is 0.182 e. The number of hydrogen-bond acceptors (Lipinski definition) is 5. The number of nitrogens with one attached hydrogen (secondary N) is 2. The van der Waals surface area contributed by atoms with Crippen LogP contribution in [0.3, 0.4) is 0 Å². The molecule has 0 radical (unpaired) electrons. The standard InChI is InChI=1S/C26H25F2N7/c1-14(16-6-7-32-25-21(16)17-4-5-19(27)23(28)24(17)34-25)33-26(35-10-8-30-9-11-35)22-18(15-2-3-15)12-31-13-20(22)29/h4-7,12-13,15,30H,1-3,8-11,29H2,(H,32,34). The summed E-state index contributed by atoms with van der Waals surface area (Å²) in [6.45, 7) is 7.51. The number of aromatic amines is 1. The van der Waals surface area contributed by atoms with Crippen molar-refractivity contribution >= 4 is 39.2 Å². The second-order valence-corrected chi connectivity index (χ2v) is 9.08. The summed E-state index contributed by atoms with van der Waals surface area (Å²) in [5, 5.41) is 4.56. The first-order chi connectivity index (χ1) is 17.0. The SMILES string of the molecule is C=C(N=C(c1c(N)cncc1C1CC1)N1CCNCC1)c1ccnc2[nH]c3c(F)c(F)ccc3c12. The van der Waals surface area contributed by atoms with Crippen LogP contribution in [0.4, 0.5) is 14.5 Å². The number of nitrogens with two attached hydrogens (primary N) is 1. The van der Waals surface area contributed by atoms with Crippen LogP contribution in [-0.2, 0) is 0 Å². The van der Waals surface area contributed by atoms with Gasteiger partial charge in [-0.2, -0.15) is 0 Å². The van der Waals surface area contributed by atoms with Gasteiger partial charge in [-0.3, -0.25) is 4.98 Å². The van der Waals surface area contributed by atoms with Gasteiger partial charge in [-0.25, -0.2) is 18.8 Å². The lowest BCUT2D eigenvalue weighted by Crippen LogP contribution is -2.47. The van der Waals surface area contributed by atoms with Gasteiger partial charge < -0.3 is 20.9 Å². The highest BCUT2D eigenvalue weighted by Gasteiger charge is 2.31. The number of aromatic nitrogens is 3. The molecule has 4 N–H and O–H groups in total. The molecular formula is C26H25F2N7. The molecule has 4 heterocycles. The number of amidine groups is 1. The molecule has 4 aromatic rings. The Morgan fingerprint density at radius 2 is 1.94 bits per heavy atom. The van der Waals surface area contributed by atoms with E-state index in [4.69, 9.17) is 10.7 Å². The number of nitrogens with zero attached hydrogens (tertiary/aromatic N) is 4. The van der Waals surface area contributed by atoms with E-state index >= 15 is 0 Å². The summed E-state index contributed by atoms with van der Waals surface area (Å²) in [5.74, 6) is -0.647. The normalized spacial score (nSPS) is 16.9. The Morgan fingerprint density at radius 3 is 2.71 bits per heavy atom. The first-order valence-electron chi connectivity index (χ1n) is 11.7. The fourth-order valence-electron chi connectivity index (χ4n) is 4.87. The summed E-state index contributed by atoms with van der Waals surface area (Å²) in [7, 11) is 0. The maximum absolute atomic E-state index is 14.5. The predicted molar refractivity (Wildman–Crippen MR) is 134 cm³/mol. The van der Waals surface area contributed by atoms with Crippen molar-refractivity contribution in [3.63, 3.8) is 0 Å². The number of rotatable bonds is 4. The molecule has 0 spiro atoms. The van der Waals surface area contributed by atoms with Crippen LogP contribution in [0, 0.1) is 11.6 Å². The summed E-state index contributed by atoms with van der Waals surface area (Å²) in [5.41, 5.74) is 10.8. The van der Waals surface area contributed by atoms with Crippen LogP contribution in [0.2, 0.25) is 0 Å². The molecule has 0 atom stereocenters. The van der Waals surface area contributed by atoms with Crippen LogP contribution in [0.15, 0.2) is 48.4 Å². The van der Waals surface area contributed by atoms with Gasteiger partial charge in [-0.1, -0.05) is 6.58 Å². The van der Waals surface area contributed by atoms with Crippen LogP contribution in [0.5, 0.6) is 0 Å². The van der Waals surface area contributed by atoms with Crippen molar-refractivity contribution in [2.75, 3.05) is 31.9 Å². The van der Waals surface area contributed by atoms with Crippen molar-refractivity contribution < 1.29 is 8.78 Å². The zero-order chi connectivity index (χ0) is 24.1. The number of H-pyrrole nitrogens is 1. The topological polar surface area (TPSA) is 95.2 Å². The first-order valence-corrected chi connectivity index (χ1v) is 11.7. The highest BCUT2D eigenvalue weighted by Crippen LogP contribution is 2.43. The van der Waals surface area contributed by atoms with Gasteiger partial charge in [0, 0.05) is 60.5 Å². The number of hydrogen-bond donors (Lipinski definition) is 3. The fourth-order valence-corrected chi connectivity index (χ4v) is 4.87. The van der Waals surface area contributed by atoms with Crippen molar-refractivity contribution in [1.82, 2.24) is 25.2 Å². The lowest BCUT2D eigenvalue weighted by molar-refractivity contribution is 0.358. The van der Waals surface area contributed by atoms with E-state index in [1.165, 1.54) is 0 Å². The molecule has 178 valence electrons. The third-order valence-electron chi connectivity index (χ3n) is 6.77. The Kier molecular flexibility index (Phi) is 5.21. The van der Waals surface area contributed by atoms with Crippen molar-refractivity contribution in [3.05, 3.63) is 71.7 Å². The molecular weight excluding hydrogens is 448 g/mol. The third-order valence-corrected chi connectivity index (χ3v) is 6.77. The minimum absolute atomic E-state index is 0.0773. The molecule has 1 aromatic carbocycles. The largest absolute Gasteiger partial charge is 0.397 e. The van der Waals surface area contributed by atoms with Crippen LogP contribution in [0.25, 0.3) is 27.6 Å². The average molecular weight is 474 g/mol. The molecule has 9 heteroatoms. The summed E-state index contributed by atoms with van der Waals surface area (Å²) in [4.78, 5) is 18.9. The van der Waals surface area contributed by atoms with Gasteiger partial charge in [0.05, 0.1) is 23.1 Å². The minimum atomic E-state index is -0.930. The van der Waals surface area contributed by atoms with Crippen LogP contribution < -0.4 is 11.1 Å². The third kappa shape index (κ3) is 3.72. The number of benzene rings is 1. The highest BCUT2D eigenvalue weighted by molar-refractivity contribution is 6.12. The van der Waals surface area contributed by atoms with Crippen molar-refractivity contribution in [2.45, 2.75) is 18.8 Å². The monoisotopic (exact) mass is 473 g/mol. The van der Waals surface area contributed by atoms with Crippen molar-refractivity contribution in [1.29, 1.82) is 0 Å². The second-order valence-electron chi connectivity index (χ2n) is 9.08. The Labute approximate surface area is 200 Å². The number of piperazine rings is 1. The van der Waals surface area contributed by atoms with E-state index in [0.717, 1.165) is 62.0 Å². The summed E-state index contributed by atoms with van der Waals surface area (Å²) >= 11 is 0. The summed E-state index contributed by atoms with van der Waals surface area (Å²) in [6.07, 6.45) is 7.39.